The molecule has 4 nitrogen and oxygen atoms in total. The van der Waals surface area contributed by atoms with Gasteiger partial charge in [0, 0.05) is 12.0 Å². The third-order valence-corrected chi connectivity index (χ3v) is 4.20. The zero-order valence-electron chi connectivity index (χ0n) is 14.5. The molecule has 0 heterocycles. The first kappa shape index (κ1) is 21.4. The van der Waals surface area contributed by atoms with Crippen molar-refractivity contribution in [3.05, 3.63) is 41.1 Å². The highest BCUT2D eigenvalue weighted by Gasteiger charge is 2.30. The number of amides is 1. The first-order valence-corrected chi connectivity index (χ1v) is 8.35. The van der Waals surface area contributed by atoms with Gasteiger partial charge < -0.3 is 16.6 Å². The molecule has 0 radical (unpaired) electrons. The van der Waals surface area contributed by atoms with Gasteiger partial charge in [0.2, 0.25) is 5.91 Å². The minimum atomic E-state index is -4.44. The molecule has 1 aromatic carbocycles. The predicted molar refractivity (Wildman–Crippen MR) is 90.6 cm³/mol. The molecule has 3 atom stereocenters. The van der Waals surface area contributed by atoms with Gasteiger partial charge in [0.1, 0.15) is 0 Å². The van der Waals surface area contributed by atoms with Crippen molar-refractivity contribution in [2.75, 3.05) is 0 Å². The lowest BCUT2D eigenvalue weighted by Crippen LogP contribution is -2.33. The Balaban J connectivity index is 2.69. The van der Waals surface area contributed by atoms with Crippen molar-refractivity contribution < 1.29 is 23.1 Å². The SMILES string of the molecule is CC(C)CCC(CC(O)C([NH-])Cc1cccc(C(F)(F)F)c1)C(N)=O. The molecule has 25 heavy (non-hydrogen) atoms. The molecule has 0 bridgehead atoms. The number of hydrogen-bond donors (Lipinski definition) is 2. The van der Waals surface area contributed by atoms with E-state index in [-0.39, 0.29) is 12.8 Å². The zero-order chi connectivity index (χ0) is 19.2. The maximum Gasteiger partial charge on any atom is 0.416 e. The summed E-state index contributed by atoms with van der Waals surface area (Å²) in [6.07, 6.45) is -4.24. The Labute approximate surface area is 146 Å². The lowest BCUT2D eigenvalue weighted by atomic mass is 9.89. The quantitative estimate of drug-likeness (QED) is 0.699. The van der Waals surface area contributed by atoms with Gasteiger partial charge in [-0.25, -0.2) is 0 Å². The molecule has 0 aliphatic carbocycles. The summed E-state index contributed by atoms with van der Waals surface area (Å²) in [6, 6.07) is 3.70. The standard InChI is InChI=1S/C18H26F3N2O2/c1-11(2)6-7-13(17(23)25)10-16(24)15(22)9-12-4-3-5-14(8-12)18(19,20)21/h3-5,8,11,13,15-16,22,24H,6-7,9-10H2,1-2H3,(H2,23,25)/q-1. The van der Waals surface area contributed by atoms with Crippen molar-refractivity contribution in [1.82, 2.24) is 0 Å². The van der Waals surface area contributed by atoms with E-state index in [1.54, 1.807) is 0 Å². The summed E-state index contributed by atoms with van der Waals surface area (Å²) < 4.78 is 38.2. The van der Waals surface area contributed by atoms with E-state index in [0.717, 1.165) is 18.6 Å². The fraction of sp³-hybridized carbons (Fsp3) is 0.611. The van der Waals surface area contributed by atoms with E-state index in [1.807, 2.05) is 13.8 Å². The Morgan fingerprint density at radius 1 is 1.28 bits per heavy atom. The zero-order valence-corrected chi connectivity index (χ0v) is 14.5. The van der Waals surface area contributed by atoms with Crippen LogP contribution < -0.4 is 5.73 Å². The number of carbonyl (C=O) groups is 1. The number of halogens is 3. The molecule has 0 aliphatic heterocycles. The molecular formula is C18H26F3N2O2-. The number of hydrogen-bond acceptors (Lipinski definition) is 2. The van der Waals surface area contributed by atoms with E-state index in [4.69, 9.17) is 11.5 Å². The predicted octanol–water partition coefficient (Wildman–Crippen LogP) is 3.96. The first-order valence-electron chi connectivity index (χ1n) is 8.35. The van der Waals surface area contributed by atoms with Crippen molar-refractivity contribution in [2.24, 2.45) is 17.6 Å². The summed E-state index contributed by atoms with van der Waals surface area (Å²) >= 11 is 0. The van der Waals surface area contributed by atoms with Crippen LogP contribution in [0.1, 0.15) is 44.2 Å². The Morgan fingerprint density at radius 2 is 1.92 bits per heavy atom. The summed E-state index contributed by atoms with van der Waals surface area (Å²) in [6.45, 7) is 4.02. The fourth-order valence-electron chi connectivity index (χ4n) is 2.63. The van der Waals surface area contributed by atoms with Crippen molar-refractivity contribution in [3.63, 3.8) is 0 Å². The summed E-state index contributed by atoms with van der Waals surface area (Å²) in [5.74, 6) is -0.673. The van der Waals surface area contributed by atoms with Gasteiger partial charge in [-0.15, -0.1) is 6.04 Å². The van der Waals surface area contributed by atoms with Crippen LogP contribution in [0, 0.1) is 11.8 Å². The third-order valence-electron chi connectivity index (χ3n) is 4.20. The molecule has 1 aromatic rings. The Kier molecular flexibility index (Phi) is 7.89. The Morgan fingerprint density at radius 3 is 2.44 bits per heavy atom. The maximum atomic E-state index is 12.7. The summed E-state index contributed by atoms with van der Waals surface area (Å²) in [5.41, 5.74) is 12.9. The molecule has 0 aliphatic rings. The van der Waals surface area contributed by atoms with Gasteiger partial charge in [-0.1, -0.05) is 38.5 Å². The average molecular weight is 359 g/mol. The van der Waals surface area contributed by atoms with E-state index >= 15 is 0 Å². The lowest BCUT2D eigenvalue weighted by molar-refractivity contribution is -0.137. The molecule has 142 valence electrons. The minimum absolute atomic E-state index is 0.0270. The van der Waals surface area contributed by atoms with Crippen LogP contribution in [-0.4, -0.2) is 23.2 Å². The van der Waals surface area contributed by atoms with Crippen LogP contribution in [0.5, 0.6) is 0 Å². The van der Waals surface area contributed by atoms with Gasteiger partial charge in [-0.3, -0.25) is 4.79 Å². The van der Waals surface area contributed by atoms with E-state index in [9.17, 15) is 23.1 Å². The Bertz CT molecular complexity index is 561. The van der Waals surface area contributed by atoms with Crippen LogP contribution >= 0.6 is 0 Å². The van der Waals surface area contributed by atoms with Crippen molar-refractivity contribution in [1.29, 1.82) is 0 Å². The number of aliphatic hydroxyl groups excluding tert-OH is 1. The third kappa shape index (κ3) is 7.44. The second-order valence-corrected chi connectivity index (χ2v) is 6.88. The molecule has 7 heteroatoms. The smallest absolute Gasteiger partial charge is 0.416 e. The fourth-order valence-corrected chi connectivity index (χ4v) is 2.63. The summed E-state index contributed by atoms with van der Waals surface area (Å²) in [4.78, 5) is 11.5. The van der Waals surface area contributed by atoms with Gasteiger partial charge in [0.05, 0.1) is 5.56 Å². The number of aliphatic hydroxyl groups is 1. The number of nitrogens with two attached hydrogens (primary N) is 1. The minimum Gasteiger partial charge on any atom is -0.672 e. The number of rotatable bonds is 9. The topological polar surface area (TPSA) is 87.1 Å². The number of benzene rings is 1. The molecular weight excluding hydrogens is 333 g/mol. The first-order chi connectivity index (χ1) is 11.5. The van der Waals surface area contributed by atoms with Crippen molar-refractivity contribution >= 4 is 5.91 Å². The van der Waals surface area contributed by atoms with Crippen molar-refractivity contribution in [3.8, 4) is 0 Å². The van der Waals surface area contributed by atoms with Crippen LogP contribution in [0.15, 0.2) is 24.3 Å². The summed E-state index contributed by atoms with van der Waals surface area (Å²) in [5, 5.41) is 10.2. The van der Waals surface area contributed by atoms with Crippen LogP contribution in [-0.2, 0) is 17.4 Å². The highest BCUT2D eigenvalue weighted by atomic mass is 19.4. The molecule has 0 fully saturated rings. The monoisotopic (exact) mass is 359 g/mol. The van der Waals surface area contributed by atoms with Gasteiger partial charge in [-0.2, -0.15) is 13.2 Å². The van der Waals surface area contributed by atoms with Gasteiger partial charge in [0.15, 0.2) is 0 Å². The molecule has 0 saturated heterocycles. The molecule has 0 spiro atoms. The second-order valence-electron chi connectivity index (χ2n) is 6.88. The number of primary amides is 1. The number of alkyl halides is 3. The molecule has 4 N–H and O–H groups in total. The van der Waals surface area contributed by atoms with Gasteiger partial charge in [-0.05, 0) is 36.8 Å². The molecule has 1 amide bonds. The van der Waals surface area contributed by atoms with E-state index in [0.29, 0.717) is 17.9 Å². The van der Waals surface area contributed by atoms with Crippen LogP contribution in [0.4, 0.5) is 13.2 Å². The van der Waals surface area contributed by atoms with Crippen LogP contribution in [0.2, 0.25) is 0 Å². The van der Waals surface area contributed by atoms with Crippen LogP contribution in [0.3, 0.4) is 0 Å². The second kappa shape index (κ2) is 9.20. The largest absolute Gasteiger partial charge is 0.672 e. The molecule has 3 unspecified atom stereocenters. The highest BCUT2D eigenvalue weighted by molar-refractivity contribution is 5.76. The average Bonchev–Trinajstić information content (AvgIpc) is 2.50. The number of carbonyl (C=O) groups excluding carboxylic acids is 1. The van der Waals surface area contributed by atoms with E-state index in [1.165, 1.54) is 12.1 Å². The molecule has 1 rings (SSSR count). The highest BCUT2D eigenvalue weighted by Crippen LogP contribution is 2.30. The van der Waals surface area contributed by atoms with Gasteiger partial charge >= 0.3 is 6.18 Å². The molecule has 0 saturated carbocycles. The van der Waals surface area contributed by atoms with E-state index in [2.05, 4.69) is 0 Å². The molecule has 0 aromatic heterocycles. The normalized spacial score (nSPS) is 15.8. The van der Waals surface area contributed by atoms with Crippen LogP contribution in [0.25, 0.3) is 5.73 Å². The Hall–Kier alpha value is -1.60. The lowest BCUT2D eigenvalue weighted by Gasteiger charge is -2.29. The maximum absolute atomic E-state index is 12.7. The van der Waals surface area contributed by atoms with Crippen molar-refractivity contribution in [2.45, 2.75) is 57.9 Å². The summed E-state index contributed by atoms with van der Waals surface area (Å²) in [7, 11) is 0. The van der Waals surface area contributed by atoms with Gasteiger partial charge in [0.25, 0.3) is 0 Å². The number of nitrogens with one attached hydrogen (secondary N) is 1. The van der Waals surface area contributed by atoms with E-state index < -0.39 is 35.7 Å².